The Hall–Kier alpha value is -2.59. The van der Waals surface area contributed by atoms with Gasteiger partial charge in [-0.05, 0) is 32.0 Å². The number of fused-ring (bicyclic) bond motifs is 1. The van der Waals surface area contributed by atoms with Crippen LogP contribution in [0.15, 0.2) is 18.2 Å². The third kappa shape index (κ3) is 2.51. The zero-order valence-electron chi connectivity index (χ0n) is 12.9. The first-order valence-corrected chi connectivity index (χ1v) is 7.31. The van der Waals surface area contributed by atoms with E-state index in [1.165, 1.54) is 4.90 Å². The average Bonchev–Trinajstić information content (AvgIpc) is 2.51. The summed E-state index contributed by atoms with van der Waals surface area (Å²) in [5.74, 6) is -0.0539. The first-order chi connectivity index (χ1) is 10.8. The predicted octanol–water partition coefficient (Wildman–Crippen LogP) is 0.0897. The summed E-state index contributed by atoms with van der Waals surface area (Å²) in [6.07, 6.45) is -1.03. The highest BCUT2D eigenvalue weighted by atomic mass is 16.5. The summed E-state index contributed by atoms with van der Waals surface area (Å²) < 4.78 is 5.82. The van der Waals surface area contributed by atoms with E-state index >= 15 is 0 Å². The molecule has 2 heterocycles. The van der Waals surface area contributed by atoms with Crippen LogP contribution in [-0.2, 0) is 9.59 Å². The zero-order chi connectivity index (χ0) is 16.8. The number of nitrogens with one attached hydrogen (secondary N) is 1. The van der Waals surface area contributed by atoms with Gasteiger partial charge in [0.15, 0.2) is 0 Å². The van der Waals surface area contributed by atoms with Gasteiger partial charge in [0, 0.05) is 5.56 Å². The van der Waals surface area contributed by atoms with E-state index in [1.807, 2.05) is 6.07 Å². The van der Waals surface area contributed by atoms with Crippen LogP contribution in [0.3, 0.4) is 0 Å². The topological polar surface area (TPSA) is 103 Å². The van der Waals surface area contributed by atoms with Crippen molar-refractivity contribution in [3.8, 4) is 11.8 Å². The second-order valence-electron chi connectivity index (χ2n) is 6.26. The van der Waals surface area contributed by atoms with Crippen molar-refractivity contribution < 1.29 is 19.4 Å². The fourth-order valence-electron chi connectivity index (χ4n) is 3.00. The fraction of sp³-hybridized carbons (Fsp3) is 0.438. The predicted molar refractivity (Wildman–Crippen MR) is 79.3 cm³/mol. The second kappa shape index (κ2) is 5.25. The molecule has 2 aliphatic heterocycles. The van der Waals surface area contributed by atoms with Gasteiger partial charge in [0.2, 0.25) is 11.8 Å². The zero-order valence-corrected chi connectivity index (χ0v) is 12.9. The number of ether oxygens (including phenoxy) is 1. The standard InChI is InChI=1S/C16H17N3O4/c1-16(2)15(22)14(19-8-12(20)18-7-13(19)21)10-5-9(6-17)3-4-11(10)23-16/h3-5,14-15,22H,7-8H2,1-2H3,(H,18,20). The molecular weight excluding hydrogens is 298 g/mol. The van der Waals surface area contributed by atoms with E-state index in [-0.39, 0.29) is 24.9 Å². The maximum Gasteiger partial charge on any atom is 0.243 e. The Balaban J connectivity index is 2.12. The summed E-state index contributed by atoms with van der Waals surface area (Å²) >= 11 is 0. The summed E-state index contributed by atoms with van der Waals surface area (Å²) in [5, 5.41) is 22.3. The highest BCUT2D eigenvalue weighted by Gasteiger charge is 2.47. The quantitative estimate of drug-likeness (QED) is 0.764. The number of nitrogens with zero attached hydrogens (tertiary/aromatic N) is 2. The van der Waals surface area contributed by atoms with E-state index < -0.39 is 17.7 Å². The van der Waals surface area contributed by atoms with Crippen LogP contribution in [0.5, 0.6) is 5.75 Å². The third-order valence-corrected chi connectivity index (χ3v) is 4.25. The van der Waals surface area contributed by atoms with E-state index in [0.717, 1.165) is 0 Å². The van der Waals surface area contributed by atoms with Crippen LogP contribution in [0.4, 0.5) is 0 Å². The molecular formula is C16H17N3O4. The number of aliphatic hydroxyl groups excluding tert-OH is 1. The average molecular weight is 315 g/mol. The molecule has 3 rings (SSSR count). The molecule has 0 bridgehead atoms. The molecule has 2 amide bonds. The number of rotatable bonds is 1. The van der Waals surface area contributed by atoms with Crippen LogP contribution in [0.25, 0.3) is 0 Å². The van der Waals surface area contributed by atoms with Gasteiger partial charge in [0.05, 0.1) is 24.2 Å². The Labute approximate surface area is 133 Å². The van der Waals surface area contributed by atoms with Gasteiger partial charge < -0.3 is 20.1 Å². The minimum Gasteiger partial charge on any atom is -0.485 e. The van der Waals surface area contributed by atoms with Crippen LogP contribution in [0.2, 0.25) is 0 Å². The summed E-state index contributed by atoms with van der Waals surface area (Å²) in [7, 11) is 0. The molecule has 0 aromatic heterocycles. The number of carbonyl (C=O) groups is 2. The van der Waals surface area contributed by atoms with Crippen molar-refractivity contribution >= 4 is 11.8 Å². The van der Waals surface area contributed by atoms with Crippen molar-refractivity contribution in [2.45, 2.75) is 31.6 Å². The van der Waals surface area contributed by atoms with Gasteiger partial charge in [-0.3, -0.25) is 9.59 Å². The number of piperazine rings is 1. The van der Waals surface area contributed by atoms with Gasteiger partial charge in [-0.1, -0.05) is 0 Å². The number of nitriles is 1. The third-order valence-electron chi connectivity index (χ3n) is 4.25. The Bertz CT molecular complexity index is 723. The lowest BCUT2D eigenvalue weighted by Crippen LogP contribution is -2.59. The van der Waals surface area contributed by atoms with Crippen molar-refractivity contribution in [1.82, 2.24) is 10.2 Å². The molecule has 0 saturated carbocycles. The smallest absolute Gasteiger partial charge is 0.243 e. The van der Waals surface area contributed by atoms with Gasteiger partial charge in [0.1, 0.15) is 24.0 Å². The van der Waals surface area contributed by atoms with Crippen LogP contribution >= 0.6 is 0 Å². The lowest BCUT2D eigenvalue weighted by atomic mass is 9.84. The lowest BCUT2D eigenvalue weighted by molar-refractivity contribution is -0.152. The van der Waals surface area contributed by atoms with E-state index in [1.54, 1.807) is 32.0 Å². The molecule has 2 unspecified atom stereocenters. The molecule has 7 nitrogen and oxygen atoms in total. The number of aliphatic hydroxyl groups is 1. The molecule has 2 aliphatic rings. The molecule has 7 heteroatoms. The molecule has 1 aromatic carbocycles. The largest absolute Gasteiger partial charge is 0.485 e. The Morgan fingerprint density at radius 1 is 1.43 bits per heavy atom. The van der Waals surface area contributed by atoms with Crippen molar-refractivity contribution in [1.29, 1.82) is 5.26 Å². The first kappa shape index (κ1) is 15.3. The molecule has 1 fully saturated rings. The maximum absolute atomic E-state index is 12.3. The normalized spacial score (nSPS) is 25.9. The number of amides is 2. The van der Waals surface area contributed by atoms with E-state index in [2.05, 4.69) is 5.32 Å². The Morgan fingerprint density at radius 2 is 2.17 bits per heavy atom. The van der Waals surface area contributed by atoms with Gasteiger partial charge in [-0.2, -0.15) is 5.26 Å². The van der Waals surface area contributed by atoms with Crippen molar-refractivity contribution in [3.63, 3.8) is 0 Å². The van der Waals surface area contributed by atoms with E-state index in [9.17, 15) is 14.7 Å². The van der Waals surface area contributed by atoms with E-state index in [4.69, 9.17) is 10.00 Å². The van der Waals surface area contributed by atoms with Crippen molar-refractivity contribution in [3.05, 3.63) is 29.3 Å². The number of hydrogen-bond acceptors (Lipinski definition) is 5. The monoisotopic (exact) mass is 315 g/mol. The molecule has 1 saturated heterocycles. The molecule has 2 atom stereocenters. The van der Waals surface area contributed by atoms with Gasteiger partial charge in [0.25, 0.3) is 0 Å². The van der Waals surface area contributed by atoms with Crippen LogP contribution in [0, 0.1) is 11.3 Å². The number of hydrogen-bond donors (Lipinski definition) is 2. The van der Waals surface area contributed by atoms with Crippen LogP contribution < -0.4 is 10.1 Å². The fourth-order valence-corrected chi connectivity index (χ4v) is 3.00. The Morgan fingerprint density at radius 3 is 2.87 bits per heavy atom. The van der Waals surface area contributed by atoms with E-state index in [0.29, 0.717) is 16.9 Å². The molecule has 2 N–H and O–H groups in total. The minimum absolute atomic E-state index is 0.101. The molecule has 0 radical (unpaired) electrons. The summed E-state index contributed by atoms with van der Waals surface area (Å²) in [6, 6.07) is 6.17. The molecule has 0 spiro atoms. The number of carbonyl (C=O) groups excluding carboxylic acids is 2. The number of benzene rings is 1. The second-order valence-corrected chi connectivity index (χ2v) is 6.26. The molecule has 0 aliphatic carbocycles. The van der Waals surface area contributed by atoms with Crippen LogP contribution in [0.1, 0.15) is 31.0 Å². The Kier molecular flexibility index (Phi) is 3.49. The molecule has 23 heavy (non-hydrogen) atoms. The highest BCUT2D eigenvalue weighted by Crippen LogP contribution is 2.43. The van der Waals surface area contributed by atoms with Gasteiger partial charge in [-0.25, -0.2) is 0 Å². The van der Waals surface area contributed by atoms with Crippen molar-refractivity contribution in [2.24, 2.45) is 0 Å². The lowest BCUT2D eigenvalue weighted by Gasteiger charge is -2.46. The first-order valence-electron chi connectivity index (χ1n) is 7.31. The van der Waals surface area contributed by atoms with Crippen molar-refractivity contribution in [2.75, 3.05) is 13.1 Å². The summed E-state index contributed by atoms with van der Waals surface area (Å²) in [5.41, 5.74) is 0.0112. The minimum atomic E-state index is -1.03. The van der Waals surface area contributed by atoms with Gasteiger partial charge >= 0.3 is 0 Å². The molecule has 120 valence electrons. The van der Waals surface area contributed by atoms with Gasteiger partial charge in [-0.15, -0.1) is 0 Å². The summed E-state index contributed by atoms with van der Waals surface area (Å²) in [4.78, 5) is 25.3. The molecule has 1 aromatic rings. The SMILES string of the molecule is CC1(C)Oc2ccc(C#N)cc2C(N2CC(=O)NCC2=O)C1O. The maximum atomic E-state index is 12.3. The highest BCUT2D eigenvalue weighted by molar-refractivity contribution is 5.92. The van der Waals surface area contributed by atoms with Crippen LogP contribution in [-0.4, -0.2) is 46.6 Å². The summed E-state index contributed by atoms with van der Waals surface area (Å²) in [6.45, 7) is 3.21.